The Kier molecular flexibility index (Phi) is 4.41. The molecule has 0 saturated heterocycles. The summed E-state index contributed by atoms with van der Waals surface area (Å²) in [6.45, 7) is 0. The number of para-hydroxylation sites is 1. The van der Waals surface area contributed by atoms with Crippen LogP contribution in [0.5, 0.6) is 0 Å². The van der Waals surface area contributed by atoms with Gasteiger partial charge in [-0.05, 0) is 36.4 Å². The summed E-state index contributed by atoms with van der Waals surface area (Å²) >= 11 is 3.03. The van der Waals surface area contributed by atoms with Crippen molar-refractivity contribution in [1.82, 2.24) is 15.2 Å². The molecule has 122 valence electrons. The van der Waals surface area contributed by atoms with Crippen LogP contribution in [0.15, 0.2) is 75.4 Å². The smallest absolute Gasteiger partial charge is 0.274 e. The molecule has 0 aliphatic rings. The van der Waals surface area contributed by atoms with E-state index in [1.54, 1.807) is 11.6 Å². The van der Waals surface area contributed by atoms with Gasteiger partial charge in [-0.1, -0.05) is 47.4 Å². The number of carbonyl (C=O) groups excluding carboxylic acids is 1. The first-order chi connectivity index (χ1) is 12.3. The monoisotopic (exact) mass is 364 g/mol. The zero-order chi connectivity index (χ0) is 17.1. The molecule has 0 unspecified atom stereocenters. The fourth-order valence-corrected chi connectivity index (χ4v) is 3.75. The normalized spacial score (nSPS) is 10.7. The molecule has 0 bridgehead atoms. The van der Waals surface area contributed by atoms with Crippen LogP contribution in [0.2, 0.25) is 0 Å². The van der Waals surface area contributed by atoms with Gasteiger partial charge in [0.2, 0.25) is 0 Å². The van der Waals surface area contributed by atoms with E-state index in [-0.39, 0.29) is 5.91 Å². The molecule has 0 saturated carbocycles. The number of carbonyl (C=O) groups is 1. The molecule has 0 aliphatic carbocycles. The second-order valence-corrected chi connectivity index (χ2v) is 7.33. The van der Waals surface area contributed by atoms with Gasteiger partial charge in [-0.2, -0.15) is 0 Å². The van der Waals surface area contributed by atoms with Gasteiger partial charge in [0, 0.05) is 16.0 Å². The third-order valence-electron chi connectivity index (χ3n) is 3.49. The number of rotatable bonds is 4. The third-order valence-corrected chi connectivity index (χ3v) is 5.27. The molecular formula is C18H12N4OS2. The summed E-state index contributed by atoms with van der Waals surface area (Å²) in [7, 11) is 0. The largest absolute Gasteiger partial charge is 0.321 e. The van der Waals surface area contributed by atoms with Crippen molar-refractivity contribution >= 4 is 45.6 Å². The zero-order valence-electron chi connectivity index (χ0n) is 12.9. The summed E-state index contributed by atoms with van der Waals surface area (Å²) in [4.78, 5) is 17.9. The first-order valence-corrected chi connectivity index (χ1v) is 9.19. The van der Waals surface area contributed by atoms with Gasteiger partial charge in [0.1, 0.15) is 11.2 Å². The van der Waals surface area contributed by atoms with E-state index in [9.17, 15) is 4.79 Å². The van der Waals surface area contributed by atoms with E-state index in [2.05, 4.69) is 20.5 Å². The number of pyridine rings is 1. The summed E-state index contributed by atoms with van der Waals surface area (Å²) < 4.78 is 0.886. The van der Waals surface area contributed by atoms with Gasteiger partial charge in [-0.3, -0.25) is 4.79 Å². The number of hydrogen-bond donors (Lipinski definition) is 1. The minimum Gasteiger partial charge on any atom is -0.321 e. The van der Waals surface area contributed by atoms with Gasteiger partial charge < -0.3 is 5.32 Å². The van der Waals surface area contributed by atoms with Crippen LogP contribution in [0.1, 0.15) is 10.5 Å². The van der Waals surface area contributed by atoms with E-state index < -0.39 is 0 Å². The Morgan fingerprint density at radius 3 is 2.64 bits per heavy atom. The lowest BCUT2D eigenvalue weighted by atomic mass is 10.2. The summed E-state index contributed by atoms with van der Waals surface area (Å²) in [5.74, 6) is -0.227. The number of amides is 1. The van der Waals surface area contributed by atoms with Gasteiger partial charge in [-0.25, -0.2) is 4.98 Å². The number of benzene rings is 2. The second kappa shape index (κ2) is 7.00. The number of anilines is 1. The number of fused-ring (bicyclic) bond motifs is 1. The minimum absolute atomic E-state index is 0.227. The first-order valence-electron chi connectivity index (χ1n) is 7.49. The number of nitrogens with one attached hydrogen (secondary N) is 1. The van der Waals surface area contributed by atoms with Crippen LogP contribution < -0.4 is 5.32 Å². The first kappa shape index (κ1) is 15.7. The molecule has 4 aromatic rings. The molecule has 0 radical (unpaired) electrons. The van der Waals surface area contributed by atoms with Crippen molar-refractivity contribution in [3.63, 3.8) is 0 Å². The molecule has 2 aromatic heterocycles. The average molecular weight is 364 g/mol. The van der Waals surface area contributed by atoms with Crippen molar-refractivity contribution in [2.45, 2.75) is 9.24 Å². The van der Waals surface area contributed by atoms with Gasteiger partial charge in [-0.15, -0.1) is 10.2 Å². The van der Waals surface area contributed by atoms with Crippen molar-refractivity contribution in [3.8, 4) is 0 Å². The average Bonchev–Trinajstić information content (AvgIpc) is 3.16. The summed E-state index contributed by atoms with van der Waals surface area (Å²) in [5.41, 5.74) is 3.62. The van der Waals surface area contributed by atoms with Crippen LogP contribution in [0.3, 0.4) is 0 Å². The predicted octanol–water partition coefficient (Wildman–Crippen LogP) is 4.49. The molecule has 1 amide bonds. The van der Waals surface area contributed by atoms with Gasteiger partial charge in [0.15, 0.2) is 4.34 Å². The molecule has 7 heteroatoms. The summed E-state index contributed by atoms with van der Waals surface area (Å²) in [6.07, 6.45) is 0. The molecule has 2 aromatic carbocycles. The molecular weight excluding hydrogens is 352 g/mol. The van der Waals surface area contributed by atoms with Gasteiger partial charge >= 0.3 is 0 Å². The molecule has 0 atom stereocenters. The van der Waals surface area contributed by atoms with E-state index in [4.69, 9.17) is 0 Å². The fourth-order valence-electron chi connectivity index (χ4n) is 2.30. The molecule has 5 nitrogen and oxygen atoms in total. The van der Waals surface area contributed by atoms with Crippen LogP contribution in [-0.2, 0) is 0 Å². The highest BCUT2D eigenvalue weighted by atomic mass is 32.2. The molecule has 0 aliphatic heterocycles. The maximum absolute atomic E-state index is 12.4. The van der Waals surface area contributed by atoms with Crippen LogP contribution in [0, 0.1) is 0 Å². The summed E-state index contributed by atoms with van der Waals surface area (Å²) in [6, 6.07) is 19.0. The van der Waals surface area contributed by atoms with Crippen molar-refractivity contribution < 1.29 is 4.79 Å². The van der Waals surface area contributed by atoms with E-state index in [0.717, 1.165) is 25.8 Å². The molecule has 25 heavy (non-hydrogen) atoms. The van der Waals surface area contributed by atoms with E-state index in [1.165, 1.54) is 23.1 Å². The highest BCUT2D eigenvalue weighted by Gasteiger charge is 2.09. The Bertz CT molecular complexity index is 1020. The topological polar surface area (TPSA) is 67.8 Å². The lowest BCUT2D eigenvalue weighted by Crippen LogP contribution is -2.13. The quantitative estimate of drug-likeness (QED) is 0.578. The Morgan fingerprint density at radius 1 is 1.00 bits per heavy atom. The number of nitrogens with zero attached hydrogens (tertiary/aromatic N) is 3. The molecule has 4 rings (SSSR count). The van der Waals surface area contributed by atoms with E-state index >= 15 is 0 Å². The number of hydrogen-bond acceptors (Lipinski definition) is 6. The highest BCUT2D eigenvalue weighted by Crippen LogP contribution is 2.29. The SMILES string of the molecule is O=C(Nc1ccc(Sc2nncs2)cc1)c1ccc2ccccc2n1. The van der Waals surface area contributed by atoms with Crippen LogP contribution in [0.25, 0.3) is 10.9 Å². The van der Waals surface area contributed by atoms with Gasteiger partial charge in [0.25, 0.3) is 5.91 Å². The Hall–Kier alpha value is -2.77. The van der Waals surface area contributed by atoms with Crippen LogP contribution in [0.4, 0.5) is 5.69 Å². The minimum atomic E-state index is -0.227. The van der Waals surface area contributed by atoms with Crippen molar-refractivity contribution in [3.05, 3.63) is 71.9 Å². The third kappa shape index (κ3) is 3.67. The maximum Gasteiger partial charge on any atom is 0.274 e. The second-order valence-electron chi connectivity index (χ2n) is 5.17. The number of aromatic nitrogens is 3. The standard InChI is InChI=1S/C18H12N4OS2/c23-17(16-10-5-12-3-1-2-4-15(12)21-16)20-13-6-8-14(9-7-13)25-18-22-19-11-24-18/h1-11H,(H,20,23). The molecule has 2 heterocycles. The van der Waals surface area contributed by atoms with E-state index in [0.29, 0.717) is 5.69 Å². The Labute approximate surface area is 152 Å². The summed E-state index contributed by atoms with van der Waals surface area (Å²) in [5, 5.41) is 11.7. The fraction of sp³-hybridized carbons (Fsp3) is 0. The van der Waals surface area contributed by atoms with Crippen molar-refractivity contribution in [2.24, 2.45) is 0 Å². The van der Waals surface area contributed by atoms with E-state index in [1.807, 2.05) is 54.6 Å². The van der Waals surface area contributed by atoms with Crippen LogP contribution in [-0.4, -0.2) is 21.1 Å². The lowest BCUT2D eigenvalue weighted by molar-refractivity contribution is 0.102. The molecule has 1 N–H and O–H groups in total. The maximum atomic E-state index is 12.4. The van der Waals surface area contributed by atoms with Crippen molar-refractivity contribution in [2.75, 3.05) is 5.32 Å². The zero-order valence-corrected chi connectivity index (χ0v) is 14.6. The molecule has 0 fully saturated rings. The Morgan fingerprint density at radius 2 is 1.84 bits per heavy atom. The van der Waals surface area contributed by atoms with Gasteiger partial charge in [0.05, 0.1) is 5.52 Å². The van der Waals surface area contributed by atoms with Crippen LogP contribution >= 0.6 is 23.1 Å². The van der Waals surface area contributed by atoms with Crippen molar-refractivity contribution in [1.29, 1.82) is 0 Å². The Balaban J connectivity index is 1.47. The molecule has 0 spiro atoms. The predicted molar refractivity (Wildman–Crippen MR) is 100 cm³/mol. The highest BCUT2D eigenvalue weighted by molar-refractivity contribution is 8.01. The lowest BCUT2D eigenvalue weighted by Gasteiger charge is -2.06.